The second-order valence-corrected chi connectivity index (χ2v) is 5.45. The summed E-state index contributed by atoms with van der Waals surface area (Å²) in [7, 11) is 0. The lowest BCUT2D eigenvalue weighted by Gasteiger charge is -2.10. The number of nitrogens with zero attached hydrogens (tertiary/aromatic N) is 2. The van der Waals surface area contributed by atoms with Crippen molar-refractivity contribution in [1.82, 2.24) is 9.97 Å². The Labute approximate surface area is 112 Å². The topological polar surface area (TPSA) is 63.8 Å². The minimum atomic E-state index is 0.691. The third-order valence-corrected chi connectivity index (χ3v) is 4.47. The Morgan fingerprint density at radius 3 is 2.82 bits per heavy atom. The molecule has 0 bridgehead atoms. The molecule has 0 aliphatic carbocycles. The van der Waals surface area contributed by atoms with Crippen molar-refractivity contribution in [3.05, 3.63) is 32.3 Å². The Balaban J connectivity index is 2.15. The van der Waals surface area contributed by atoms with Crippen molar-refractivity contribution in [3.8, 4) is 0 Å². The number of nitrogens with one attached hydrogen (secondary N) is 1. The predicted octanol–water partition coefficient (Wildman–Crippen LogP) is 3.11. The fraction of sp³-hybridized carbons (Fsp3) is 0.273. The first-order chi connectivity index (χ1) is 8.09. The first-order valence-electron chi connectivity index (χ1n) is 5.13. The summed E-state index contributed by atoms with van der Waals surface area (Å²) >= 11 is 5.14. The second kappa shape index (κ2) is 5.01. The Kier molecular flexibility index (Phi) is 3.63. The van der Waals surface area contributed by atoms with Crippen molar-refractivity contribution in [2.75, 3.05) is 11.1 Å². The zero-order chi connectivity index (χ0) is 12.4. The average Bonchev–Trinajstić information content (AvgIpc) is 2.71. The van der Waals surface area contributed by atoms with Crippen molar-refractivity contribution in [1.29, 1.82) is 0 Å². The Morgan fingerprint density at radius 2 is 2.18 bits per heavy atom. The summed E-state index contributed by atoms with van der Waals surface area (Å²) in [6.45, 7) is 4.69. The molecule has 3 N–H and O–H groups in total. The largest absolute Gasteiger partial charge is 0.397 e. The number of aryl methyl sites for hydroxylation is 1. The van der Waals surface area contributed by atoms with E-state index in [1.165, 1.54) is 4.88 Å². The molecule has 4 nitrogen and oxygen atoms in total. The van der Waals surface area contributed by atoms with E-state index < -0.39 is 0 Å². The van der Waals surface area contributed by atoms with Crippen LogP contribution in [0, 0.1) is 13.8 Å². The zero-order valence-corrected chi connectivity index (χ0v) is 12.0. The molecule has 0 radical (unpaired) electrons. The highest BCUT2D eigenvalue weighted by Crippen LogP contribution is 2.28. The molecule has 2 aromatic rings. The van der Waals surface area contributed by atoms with Gasteiger partial charge in [-0.15, -0.1) is 11.3 Å². The van der Waals surface area contributed by atoms with Crippen LogP contribution in [0.5, 0.6) is 0 Å². The molecule has 0 saturated heterocycles. The summed E-state index contributed by atoms with van der Waals surface area (Å²) in [6.07, 6.45) is 1.67. The maximum Gasteiger partial charge on any atom is 0.141 e. The smallest absolute Gasteiger partial charge is 0.141 e. The van der Waals surface area contributed by atoms with Crippen LogP contribution in [0.2, 0.25) is 0 Å². The molecule has 0 fully saturated rings. The van der Waals surface area contributed by atoms with Crippen molar-refractivity contribution < 1.29 is 0 Å². The van der Waals surface area contributed by atoms with Crippen molar-refractivity contribution in [2.24, 2.45) is 0 Å². The van der Waals surface area contributed by atoms with E-state index in [1.807, 2.05) is 19.4 Å². The number of hydrogen-bond acceptors (Lipinski definition) is 5. The third-order valence-electron chi connectivity index (χ3n) is 2.56. The standard InChI is InChI=1S/C11H13BrN4S/c1-6-8(13)3-14-11(10(6)12)15-4-9-7(2)16-5-17-9/h3,5H,4,13H2,1-2H3,(H,14,15). The van der Waals surface area contributed by atoms with Crippen LogP contribution in [0.1, 0.15) is 16.1 Å². The number of aromatic nitrogens is 2. The van der Waals surface area contributed by atoms with Gasteiger partial charge in [-0.2, -0.15) is 0 Å². The van der Waals surface area contributed by atoms with Crippen LogP contribution in [0.15, 0.2) is 16.2 Å². The van der Waals surface area contributed by atoms with Crippen LogP contribution < -0.4 is 11.1 Å². The van der Waals surface area contributed by atoms with Crippen molar-refractivity contribution in [3.63, 3.8) is 0 Å². The van der Waals surface area contributed by atoms with Crippen LogP contribution in [0.4, 0.5) is 11.5 Å². The second-order valence-electron chi connectivity index (χ2n) is 3.72. The minimum absolute atomic E-state index is 0.691. The van der Waals surface area contributed by atoms with Gasteiger partial charge in [-0.3, -0.25) is 0 Å². The van der Waals surface area contributed by atoms with Gasteiger partial charge in [0.15, 0.2) is 0 Å². The highest BCUT2D eigenvalue weighted by atomic mass is 79.9. The van der Waals surface area contributed by atoms with Crippen LogP contribution in [-0.4, -0.2) is 9.97 Å². The number of nitrogen functional groups attached to an aromatic ring is 1. The molecule has 6 heteroatoms. The van der Waals surface area contributed by atoms with E-state index in [0.29, 0.717) is 5.69 Å². The van der Waals surface area contributed by atoms with Crippen molar-refractivity contribution in [2.45, 2.75) is 20.4 Å². The van der Waals surface area contributed by atoms with E-state index in [0.717, 1.165) is 28.1 Å². The van der Waals surface area contributed by atoms with Crippen LogP contribution in [0.3, 0.4) is 0 Å². The van der Waals surface area contributed by atoms with Crippen molar-refractivity contribution >= 4 is 38.8 Å². The van der Waals surface area contributed by atoms with Gasteiger partial charge < -0.3 is 11.1 Å². The number of nitrogens with two attached hydrogens (primary N) is 1. The van der Waals surface area contributed by atoms with Gasteiger partial charge in [0.2, 0.25) is 0 Å². The van der Waals surface area contributed by atoms with Crippen LogP contribution in [-0.2, 0) is 6.54 Å². The monoisotopic (exact) mass is 312 g/mol. The molecule has 0 spiro atoms. The number of rotatable bonds is 3. The number of anilines is 2. The SMILES string of the molecule is Cc1ncsc1CNc1ncc(N)c(C)c1Br. The normalized spacial score (nSPS) is 10.5. The number of halogens is 1. The summed E-state index contributed by atoms with van der Waals surface area (Å²) < 4.78 is 0.916. The van der Waals surface area contributed by atoms with Gasteiger partial charge >= 0.3 is 0 Å². The fourth-order valence-electron chi connectivity index (χ4n) is 1.38. The quantitative estimate of drug-likeness (QED) is 0.914. The van der Waals surface area contributed by atoms with Gasteiger partial charge in [-0.1, -0.05) is 0 Å². The molecule has 17 heavy (non-hydrogen) atoms. The van der Waals surface area contributed by atoms with Gasteiger partial charge in [0.1, 0.15) is 5.82 Å². The van der Waals surface area contributed by atoms with E-state index in [2.05, 4.69) is 31.2 Å². The molecule has 0 atom stereocenters. The first kappa shape index (κ1) is 12.3. The molecule has 0 amide bonds. The molecule has 0 unspecified atom stereocenters. The summed E-state index contributed by atoms with van der Waals surface area (Å²) in [4.78, 5) is 9.69. The molecule has 0 aliphatic rings. The molecule has 2 heterocycles. The average molecular weight is 313 g/mol. The molecular formula is C11H13BrN4S. The summed E-state index contributed by atoms with van der Waals surface area (Å²) in [5.41, 5.74) is 10.4. The lowest BCUT2D eigenvalue weighted by atomic mass is 10.2. The van der Waals surface area contributed by atoms with E-state index in [9.17, 15) is 0 Å². The Morgan fingerprint density at radius 1 is 1.41 bits per heavy atom. The molecule has 0 saturated carbocycles. The summed E-state index contributed by atoms with van der Waals surface area (Å²) in [5, 5.41) is 3.28. The van der Waals surface area contributed by atoms with Gasteiger partial charge in [0.05, 0.1) is 34.1 Å². The molecule has 90 valence electrons. The maximum atomic E-state index is 5.78. The number of thiazole rings is 1. The van der Waals surface area contributed by atoms with E-state index in [-0.39, 0.29) is 0 Å². The van der Waals surface area contributed by atoms with E-state index in [1.54, 1.807) is 17.5 Å². The molecule has 2 aromatic heterocycles. The Hall–Kier alpha value is -1.14. The zero-order valence-electron chi connectivity index (χ0n) is 9.62. The Bertz CT molecular complexity index is 538. The lowest BCUT2D eigenvalue weighted by Crippen LogP contribution is -2.04. The molecule has 0 aromatic carbocycles. The van der Waals surface area contributed by atoms with Crippen LogP contribution in [0.25, 0.3) is 0 Å². The number of hydrogen-bond donors (Lipinski definition) is 2. The third kappa shape index (κ3) is 2.58. The minimum Gasteiger partial charge on any atom is -0.397 e. The summed E-state index contributed by atoms with van der Waals surface area (Å²) in [5.74, 6) is 0.810. The molecule has 0 aliphatic heterocycles. The highest BCUT2D eigenvalue weighted by molar-refractivity contribution is 9.10. The van der Waals surface area contributed by atoms with Gasteiger partial charge in [0.25, 0.3) is 0 Å². The maximum absolute atomic E-state index is 5.78. The first-order valence-corrected chi connectivity index (χ1v) is 6.80. The molecular weight excluding hydrogens is 300 g/mol. The van der Waals surface area contributed by atoms with E-state index in [4.69, 9.17) is 5.73 Å². The predicted molar refractivity (Wildman–Crippen MR) is 75.3 cm³/mol. The molecule has 2 rings (SSSR count). The van der Waals surface area contributed by atoms with Crippen LogP contribution >= 0.6 is 27.3 Å². The van der Waals surface area contributed by atoms with Gasteiger partial charge in [0, 0.05) is 4.88 Å². The summed E-state index contributed by atoms with van der Waals surface area (Å²) in [6, 6.07) is 0. The number of pyridine rings is 1. The highest BCUT2D eigenvalue weighted by Gasteiger charge is 2.08. The lowest BCUT2D eigenvalue weighted by molar-refractivity contribution is 1.09. The van der Waals surface area contributed by atoms with Gasteiger partial charge in [-0.25, -0.2) is 9.97 Å². The fourth-order valence-corrected chi connectivity index (χ4v) is 2.56. The van der Waals surface area contributed by atoms with E-state index >= 15 is 0 Å². The van der Waals surface area contributed by atoms with Gasteiger partial charge in [-0.05, 0) is 35.3 Å².